The van der Waals surface area contributed by atoms with Crippen LogP contribution in [0.2, 0.25) is 0 Å². The van der Waals surface area contributed by atoms with Crippen molar-refractivity contribution in [1.29, 1.82) is 10.8 Å². The third-order valence-corrected chi connectivity index (χ3v) is 12.6. The van der Waals surface area contributed by atoms with Crippen molar-refractivity contribution in [2.24, 2.45) is 0 Å². The second-order valence-electron chi connectivity index (χ2n) is 18.5. The molecule has 11 aromatic rings. The SMILES string of the molecule is CC.CC(c1ccc(-c2nnc(-c3cccc(C(F)(F)F)c3)o2)cc1)c1ccc(-c2nnc(-c3cccc(C(F)(F)F)c3)o2)cc1.FC(F)(F)c1cccc(-c2nnc(-c3ccccc3)o2)c1.N=C(OC(=N)c1cccc(C(F)(F)F)c1)c1ccccc1. The maximum Gasteiger partial charge on any atom is 0.416 e. The lowest BCUT2D eigenvalue weighted by Crippen LogP contribution is -2.14. The number of alkyl halides is 12. The van der Waals surface area contributed by atoms with E-state index in [1.54, 1.807) is 66.7 Å². The number of hydrogen-bond acceptors (Lipinski definition) is 12. The maximum absolute atomic E-state index is 13.1. The first-order valence-corrected chi connectivity index (χ1v) is 26.2. The highest BCUT2D eigenvalue weighted by Gasteiger charge is 2.34. The Hall–Kier alpha value is -10.5. The van der Waals surface area contributed by atoms with Crippen LogP contribution < -0.4 is 0 Å². The fourth-order valence-electron chi connectivity index (χ4n) is 8.10. The highest BCUT2D eigenvalue weighted by Crippen LogP contribution is 2.37. The molecular weight excluding hydrogens is 1170 g/mol. The van der Waals surface area contributed by atoms with Gasteiger partial charge >= 0.3 is 24.7 Å². The molecule has 3 heterocycles. The fourth-order valence-corrected chi connectivity index (χ4v) is 8.10. The summed E-state index contributed by atoms with van der Waals surface area (Å²) in [5.41, 5.74) is 1.62. The van der Waals surface area contributed by atoms with E-state index in [9.17, 15) is 52.7 Å². The van der Waals surface area contributed by atoms with Crippen LogP contribution >= 0.6 is 0 Å². The molecule has 12 nitrogen and oxygen atoms in total. The highest BCUT2D eigenvalue weighted by molar-refractivity contribution is 6.04. The predicted octanol–water partition coefficient (Wildman–Crippen LogP) is 18.8. The molecule has 0 aliphatic carbocycles. The van der Waals surface area contributed by atoms with Crippen LogP contribution in [0.4, 0.5) is 52.7 Å². The number of hydrogen-bond donors (Lipinski definition) is 2. The van der Waals surface area contributed by atoms with Gasteiger partial charge in [-0.05, 0) is 132 Å². The number of nitrogens with one attached hydrogen (secondary N) is 2. The van der Waals surface area contributed by atoms with Gasteiger partial charge in [-0.3, -0.25) is 10.8 Å². The van der Waals surface area contributed by atoms with E-state index in [-0.39, 0.29) is 69.4 Å². The normalized spacial score (nSPS) is 11.5. The van der Waals surface area contributed by atoms with E-state index in [4.69, 9.17) is 28.8 Å². The number of rotatable bonds is 10. The van der Waals surface area contributed by atoms with Gasteiger partial charge in [-0.1, -0.05) is 106 Å². The summed E-state index contributed by atoms with van der Waals surface area (Å²) in [5.74, 6) is -0.200. The Morgan fingerprint density at radius 2 is 0.591 bits per heavy atom. The Labute approximate surface area is 493 Å². The Morgan fingerprint density at radius 1 is 0.330 bits per heavy atom. The fraction of sp³-hybridized carbons (Fsp3) is 0.125. The van der Waals surface area contributed by atoms with Crippen LogP contribution in [0.25, 0.3) is 68.7 Å². The van der Waals surface area contributed by atoms with Crippen LogP contribution in [-0.4, -0.2) is 42.4 Å². The van der Waals surface area contributed by atoms with Crippen LogP contribution in [0.1, 0.15) is 71.2 Å². The molecule has 0 aliphatic heterocycles. The summed E-state index contributed by atoms with van der Waals surface area (Å²) in [6.45, 7) is 6.01. The van der Waals surface area contributed by atoms with E-state index >= 15 is 0 Å². The summed E-state index contributed by atoms with van der Waals surface area (Å²) < 4.78 is 176. The lowest BCUT2D eigenvalue weighted by Gasteiger charge is -2.13. The summed E-state index contributed by atoms with van der Waals surface area (Å²) in [5, 5.41) is 38.8. The third-order valence-electron chi connectivity index (χ3n) is 12.6. The molecule has 8 aromatic carbocycles. The third kappa shape index (κ3) is 16.3. The van der Waals surface area contributed by atoms with Crippen LogP contribution in [0.5, 0.6) is 0 Å². The molecule has 0 fully saturated rings. The number of halogens is 12. The minimum absolute atomic E-state index is 0.0215. The summed E-state index contributed by atoms with van der Waals surface area (Å²) in [6.07, 6.45) is -17.9. The molecule has 0 bridgehead atoms. The minimum atomic E-state index is -4.49. The van der Waals surface area contributed by atoms with Gasteiger partial charge in [0.25, 0.3) is 0 Å². The van der Waals surface area contributed by atoms with Gasteiger partial charge in [0.2, 0.25) is 47.1 Å². The highest BCUT2D eigenvalue weighted by atomic mass is 19.4. The van der Waals surface area contributed by atoms with Crippen molar-refractivity contribution in [3.8, 4) is 68.7 Å². The minimum Gasteiger partial charge on any atom is -0.421 e. The second kappa shape index (κ2) is 27.2. The summed E-state index contributed by atoms with van der Waals surface area (Å²) >= 11 is 0. The Balaban J connectivity index is 0.000000190. The molecule has 11 rings (SSSR count). The Morgan fingerprint density at radius 3 is 0.932 bits per heavy atom. The molecular formula is C64H46F12N8O4. The zero-order valence-electron chi connectivity index (χ0n) is 46.1. The lowest BCUT2D eigenvalue weighted by atomic mass is 9.92. The Kier molecular flexibility index (Phi) is 19.7. The van der Waals surface area contributed by atoms with Gasteiger partial charge in [-0.25, -0.2) is 0 Å². The van der Waals surface area contributed by atoms with Crippen LogP contribution in [-0.2, 0) is 29.4 Å². The number of aromatic nitrogens is 6. The molecule has 2 N–H and O–H groups in total. The van der Waals surface area contributed by atoms with E-state index in [1.807, 2.05) is 63.2 Å². The second-order valence-corrected chi connectivity index (χ2v) is 18.5. The summed E-state index contributed by atoms with van der Waals surface area (Å²) in [6, 6.07) is 50.5. The van der Waals surface area contributed by atoms with Gasteiger partial charge in [-0.2, -0.15) is 52.7 Å². The van der Waals surface area contributed by atoms with Crippen molar-refractivity contribution in [3.63, 3.8) is 0 Å². The van der Waals surface area contributed by atoms with Crippen molar-refractivity contribution in [3.05, 3.63) is 251 Å². The molecule has 0 saturated carbocycles. The van der Waals surface area contributed by atoms with Gasteiger partial charge in [0.15, 0.2) is 0 Å². The molecule has 3 aromatic heterocycles. The quantitative estimate of drug-likeness (QED) is 0.0762. The van der Waals surface area contributed by atoms with Gasteiger partial charge in [0.05, 0.1) is 22.3 Å². The average Bonchev–Trinajstić information content (AvgIpc) is 3.41. The number of ether oxygens (including phenoxy) is 1. The first-order valence-electron chi connectivity index (χ1n) is 26.2. The van der Waals surface area contributed by atoms with Crippen LogP contribution in [0.3, 0.4) is 0 Å². The standard InChI is InChI=1S/C32H20F6N4O2.C15H9F3N2O.C15H11F3N2O.C2H6/c1-18(19-8-12-21(13-9-19)27-39-41-29(43-27)23-4-2-6-25(16-23)31(33,34)35)20-10-14-22(15-11-20)28-40-42-30(44-28)24-5-3-7-26(17-24)32(36,37)38;16-15(17,18)12-8-4-7-11(9-12)14-20-19-13(21-14)10-5-2-1-3-6-10;16-15(17,18)12-8-4-7-11(9-12)14(20)21-13(19)10-5-2-1-3-6-10;1-2/h2-18H,1H3;1-9H;1-9,19-20H;1-2H3. The first kappa shape index (κ1) is 63.5. The van der Waals surface area contributed by atoms with Gasteiger partial charge in [0, 0.05) is 50.4 Å². The van der Waals surface area contributed by atoms with Crippen molar-refractivity contribution in [1.82, 2.24) is 30.6 Å². The maximum atomic E-state index is 13.1. The number of nitrogens with zero attached hydrogens (tertiary/aromatic N) is 6. The van der Waals surface area contributed by atoms with Gasteiger partial charge in [-0.15, -0.1) is 30.6 Å². The molecule has 0 amide bonds. The molecule has 0 atom stereocenters. The summed E-state index contributed by atoms with van der Waals surface area (Å²) in [7, 11) is 0. The lowest BCUT2D eigenvalue weighted by molar-refractivity contribution is -0.138. The van der Waals surface area contributed by atoms with Crippen molar-refractivity contribution >= 4 is 11.8 Å². The van der Waals surface area contributed by atoms with E-state index in [0.717, 1.165) is 59.7 Å². The van der Waals surface area contributed by atoms with E-state index in [1.165, 1.54) is 48.5 Å². The molecule has 0 aliphatic rings. The summed E-state index contributed by atoms with van der Waals surface area (Å²) in [4.78, 5) is 0. The zero-order chi connectivity index (χ0) is 63.4. The van der Waals surface area contributed by atoms with Crippen molar-refractivity contribution in [2.75, 3.05) is 0 Å². The molecule has 0 unspecified atom stereocenters. The van der Waals surface area contributed by atoms with E-state index in [2.05, 4.69) is 30.6 Å². The smallest absolute Gasteiger partial charge is 0.416 e. The van der Waals surface area contributed by atoms with Crippen LogP contribution in [0, 0.1) is 10.8 Å². The number of benzene rings is 8. The molecule has 88 heavy (non-hydrogen) atoms. The molecule has 24 heteroatoms. The van der Waals surface area contributed by atoms with Crippen molar-refractivity contribution < 1.29 is 70.7 Å². The largest absolute Gasteiger partial charge is 0.421 e. The molecule has 0 radical (unpaired) electrons. The van der Waals surface area contributed by atoms with Gasteiger partial charge < -0.3 is 18.0 Å². The first-order chi connectivity index (χ1) is 41.9. The molecule has 0 saturated heterocycles. The zero-order valence-corrected chi connectivity index (χ0v) is 46.1. The van der Waals surface area contributed by atoms with Crippen molar-refractivity contribution in [2.45, 2.75) is 51.4 Å². The Bertz CT molecular complexity index is 3970. The average molecular weight is 1220 g/mol. The molecule has 450 valence electrons. The monoisotopic (exact) mass is 1220 g/mol. The molecule has 0 spiro atoms. The van der Waals surface area contributed by atoms with Crippen LogP contribution in [0.15, 0.2) is 220 Å². The predicted molar refractivity (Wildman–Crippen MR) is 302 cm³/mol. The topological polar surface area (TPSA) is 174 Å². The van der Waals surface area contributed by atoms with E-state index < -0.39 is 52.9 Å². The van der Waals surface area contributed by atoms with E-state index in [0.29, 0.717) is 22.3 Å². The van der Waals surface area contributed by atoms with Gasteiger partial charge in [0.1, 0.15) is 0 Å².